The van der Waals surface area contributed by atoms with E-state index in [0.29, 0.717) is 0 Å². The van der Waals surface area contributed by atoms with Gasteiger partial charge in [0, 0.05) is 18.1 Å². The van der Waals surface area contributed by atoms with Gasteiger partial charge in [-0.15, -0.1) is 0 Å². The Balaban J connectivity index is 2.17. The van der Waals surface area contributed by atoms with Crippen LogP contribution in [0.1, 0.15) is 40.0 Å². The summed E-state index contributed by atoms with van der Waals surface area (Å²) >= 11 is 0. The summed E-state index contributed by atoms with van der Waals surface area (Å²) in [6.45, 7) is 11.6. The van der Waals surface area contributed by atoms with Crippen molar-refractivity contribution in [3.8, 4) is 0 Å². The predicted molar refractivity (Wildman–Crippen MR) is 75.5 cm³/mol. The van der Waals surface area contributed by atoms with Crippen LogP contribution < -0.4 is 5.32 Å². The predicted octanol–water partition coefficient (Wildman–Crippen LogP) is 1.79. The lowest BCUT2D eigenvalue weighted by Crippen LogP contribution is -2.40. The fourth-order valence-electron chi connectivity index (χ4n) is 2.56. The van der Waals surface area contributed by atoms with Crippen molar-refractivity contribution < 1.29 is 0 Å². The maximum Gasteiger partial charge on any atom is 0.0223 e. The van der Waals surface area contributed by atoms with Crippen molar-refractivity contribution in [3.63, 3.8) is 0 Å². The van der Waals surface area contributed by atoms with Crippen molar-refractivity contribution >= 4 is 0 Å². The van der Waals surface area contributed by atoms with Gasteiger partial charge in [0.25, 0.3) is 0 Å². The third-order valence-corrected chi connectivity index (χ3v) is 3.35. The largest absolute Gasteiger partial charge is 0.312 e. The molecule has 3 heteroatoms. The molecule has 0 aliphatic carbocycles. The molecule has 1 fully saturated rings. The summed E-state index contributed by atoms with van der Waals surface area (Å²) in [4.78, 5) is 4.99. The van der Waals surface area contributed by atoms with Crippen LogP contribution in [0.15, 0.2) is 0 Å². The molecule has 0 amide bonds. The molecule has 1 N–H and O–H groups in total. The van der Waals surface area contributed by atoms with E-state index in [9.17, 15) is 0 Å². The molecule has 1 rings (SSSR count). The third kappa shape index (κ3) is 6.39. The summed E-state index contributed by atoms with van der Waals surface area (Å²) in [6, 6.07) is 0.791. The number of nitrogens with one attached hydrogen (secondary N) is 1. The summed E-state index contributed by atoms with van der Waals surface area (Å²) < 4.78 is 0. The monoisotopic (exact) mass is 241 g/mol. The maximum atomic E-state index is 3.56. The summed E-state index contributed by atoms with van der Waals surface area (Å²) in [5.74, 6) is 0. The molecule has 0 spiro atoms. The smallest absolute Gasteiger partial charge is 0.0223 e. The fourth-order valence-corrected chi connectivity index (χ4v) is 2.56. The minimum atomic E-state index is 0.258. The van der Waals surface area contributed by atoms with E-state index in [1.807, 2.05) is 0 Å². The first-order chi connectivity index (χ1) is 7.88. The zero-order valence-corrected chi connectivity index (χ0v) is 12.4. The van der Waals surface area contributed by atoms with Crippen molar-refractivity contribution in [1.82, 2.24) is 15.1 Å². The highest BCUT2D eigenvalue weighted by Crippen LogP contribution is 2.17. The van der Waals surface area contributed by atoms with Gasteiger partial charge < -0.3 is 10.2 Å². The zero-order valence-electron chi connectivity index (χ0n) is 12.4. The molecule has 1 heterocycles. The normalized spacial score (nSPS) is 22.6. The van der Waals surface area contributed by atoms with Gasteiger partial charge in [-0.25, -0.2) is 0 Å². The number of rotatable bonds is 6. The van der Waals surface area contributed by atoms with Crippen molar-refractivity contribution in [2.24, 2.45) is 0 Å². The van der Waals surface area contributed by atoms with E-state index < -0.39 is 0 Å². The van der Waals surface area contributed by atoms with Gasteiger partial charge in [0.15, 0.2) is 0 Å². The number of likely N-dealkylation sites (N-methyl/N-ethyl adjacent to an activating group) is 1. The van der Waals surface area contributed by atoms with Crippen molar-refractivity contribution in [1.29, 1.82) is 0 Å². The molecular formula is C14H31N3. The molecule has 3 nitrogen and oxygen atoms in total. The topological polar surface area (TPSA) is 18.5 Å². The molecule has 1 aliphatic rings. The Kier molecular flexibility index (Phi) is 5.90. The van der Waals surface area contributed by atoms with Gasteiger partial charge in [-0.1, -0.05) is 0 Å². The number of likely N-dealkylation sites (tertiary alicyclic amines) is 1. The molecule has 1 saturated heterocycles. The van der Waals surface area contributed by atoms with Crippen LogP contribution >= 0.6 is 0 Å². The molecule has 1 atom stereocenters. The molecule has 1 aliphatic heterocycles. The first-order valence-corrected chi connectivity index (χ1v) is 7.02. The lowest BCUT2D eigenvalue weighted by atomic mass is 10.1. The van der Waals surface area contributed by atoms with Gasteiger partial charge in [-0.2, -0.15) is 0 Å². The van der Waals surface area contributed by atoms with E-state index >= 15 is 0 Å². The lowest BCUT2D eigenvalue weighted by Gasteiger charge is -2.27. The van der Waals surface area contributed by atoms with E-state index in [4.69, 9.17) is 0 Å². The average Bonchev–Trinajstić information content (AvgIpc) is 2.58. The summed E-state index contributed by atoms with van der Waals surface area (Å²) in [7, 11) is 4.36. The second kappa shape index (κ2) is 6.72. The SMILES string of the molecule is CN(C)CC1CCCN1CCCNC(C)(C)C. The van der Waals surface area contributed by atoms with Crippen LogP contribution in [0, 0.1) is 0 Å². The third-order valence-electron chi connectivity index (χ3n) is 3.35. The van der Waals surface area contributed by atoms with E-state index in [2.05, 4.69) is 50.0 Å². The van der Waals surface area contributed by atoms with Gasteiger partial charge in [-0.05, 0) is 73.8 Å². The molecule has 102 valence electrons. The molecule has 0 aromatic rings. The molecule has 0 saturated carbocycles. The number of hydrogen-bond donors (Lipinski definition) is 1. The van der Waals surface area contributed by atoms with Crippen molar-refractivity contribution in [2.45, 2.75) is 51.6 Å². The van der Waals surface area contributed by atoms with Crippen LogP contribution in [0.2, 0.25) is 0 Å². The molecule has 17 heavy (non-hydrogen) atoms. The lowest BCUT2D eigenvalue weighted by molar-refractivity contribution is 0.204. The van der Waals surface area contributed by atoms with Crippen LogP contribution in [0.25, 0.3) is 0 Å². The van der Waals surface area contributed by atoms with Crippen LogP contribution in [-0.4, -0.2) is 61.7 Å². The highest BCUT2D eigenvalue weighted by molar-refractivity contribution is 4.81. The van der Waals surface area contributed by atoms with Gasteiger partial charge in [0.2, 0.25) is 0 Å². The second-order valence-corrected chi connectivity index (χ2v) is 6.62. The Hall–Kier alpha value is -0.120. The second-order valence-electron chi connectivity index (χ2n) is 6.62. The molecule has 0 radical (unpaired) electrons. The first kappa shape index (κ1) is 14.9. The highest BCUT2D eigenvalue weighted by atomic mass is 15.2. The van der Waals surface area contributed by atoms with Crippen molar-refractivity contribution in [2.75, 3.05) is 40.3 Å². The van der Waals surface area contributed by atoms with E-state index in [1.54, 1.807) is 0 Å². The van der Waals surface area contributed by atoms with Crippen molar-refractivity contribution in [3.05, 3.63) is 0 Å². The van der Waals surface area contributed by atoms with E-state index in [-0.39, 0.29) is 5.54 Å². The quantitative estimate of drug-likeness (QED) is 0.715. The molecular weight excluding hydrogens is 210 g/mol. The minimum absolute atomic E-state index is 0.258. The van der Waals surface area contributed by atoms with Crippen LogP contribution in [0.3, 0.4) is 0 Å². The fraction of sp³-hybridized carbons (Fsp3) is 1.00. The molecule has 0 aromatic carbocycles. The Bertz CT molecular complexity index is 208. The number of nitrogens with zero attached hydrogens (tertiary/aromatic N) is 2. The highest BCUT2D eigenvalue weighted by Gasteiger charge is 2.24. The van der Waals surface area contributed by atoms with Gasteiger partial charge in [-0.3, -0.25) is 4.90 Å². The first-order valence-electron chi connectivity index (χ1n) is 7.02. The summed E-state index contributed by atoms with van der Waals surface area (Å²) in [5.41, 5.74) is 0.258. The average molecular weight is 241 g/mol. The maximum absolute atomic E-state index is 3.56. The van der Waals surface area contributed by atoms with E-state index in [1.165, 1.54) is 38.9 Å². The Morgan fingerprint density at radius 1 is 1.29 bits per heavy atom. The Morgan fingerprint density at radius 2 is 2.00 bits per heavy atom. The van der Waals surface area contributed by atoms with Crippen LogP contribution in [0.4, 0.5) is 0 Å². The molecule has 0 bridgehead atoms. The van der Waals surface area contributed by atoms with Gasteiger partial charge >= 0.3 is 0 Å². The van der Waals surface area contributed by atoms with Gasteiger partial charge in [0.1, 0.15) is 0 Å². The minimum Gasteiger partial charge on any atom is -0.312 e. The zero-order chi connectivity index (χ0) is 12.9. The Labute approximate surface area is 108 Å². The summed E-state index contributed by atoms with van der Waals surface area (Å²) in [6.07, 6.45) is 4.03. The summed E-state index contributed by atoms with van der Waals surface area (Å²) in [5, 5.41) is 3.56. The number of hydrogen-bond acceptors (Lipinski definition) is 3. The Morgan fingerprint density at radius 3 is 2.59 bits per heavy atom. The van der Waals surface area contributed by atoms with Gasteiger partial charge in [0.05, 0.1) is 0 Å². The van der Waals surface area contributed by atoms with Crippen LogP contribution in [0.5, 0.6) is 0 Å². The van der Waals surface area contributed by atoms with E-state index in [0.717, 1.165) is 12.6 Å². The standard InChI is InChI=1S/C14H31N3/c1-14(2,3)15-9-7-11-17-10-6-8-13(17)12-16(4)5/h13,15H,6-12H2,1-5H3. The van der Waals surface area contributed by atoms with Crippen LogP contribution in [-0.2, 0) is 0 Å². The molecule has 0 aromatic heterocycles. The molecule has 1 unspecified atom stereocenters.